The summed E-state index contributed by atoms with van der Waals surface area (Å²) < 4.78 is 5.26. The van der Waals surface area contributed by atoms with Crippen LogP contribution in [0.2, 0.25) is 0 Å². The van der Waals surface area contributed by atoms with Gasteiger partial charge in [0.2, 0.25) is 5.89 Å². The molecule has 0 radical (unpaired) electrons. The van der Waals surface area contributed by atoms with Crippen molar-refractivity contribution in [2.75, 3.05) is 0 Å². The minimum Gasteiger partial charge on any atom is -0.393 e. The molecule has 0 unspecified atom stereocenters. The van der Waals surface area contributed by atoms with Gasteiger partial charge in [0.15, 0.2) is 5.82 Å². The molecule has 2 rings (SSSR count). The lowest BCUT2D eigenvalue weighted by atomic mass is 9.87. The van der Waals surface area contributed by atoms with E-state index in [0.717, 1.165) is 37.4 Å². The van der Waals surface area contributed by atoms with E-state index in [1.165, 1.54) is 0 Å². The van der Waals surface area contributed by atoms with Crippen molar-refractivity contribution in [3.63, 3.8) is 0 Å². The number of rotatable bonds is 2. The average Bonchev–Trinajstić information content (AvgIpc) is 2.68. The normalized spacial score (nSPS) is 27.2. The van der Waals surface area contributed by atoms with Gasteiger partial charge in [-0.05, 0) is 25.7 Å². The van der Waals surface area contributed by atoms with Gasteiger partial charge in [0.05, 0.1) is 6.10 Å². The summed E-state index contributed by atoms with van der Waals surface area (Å²) in [5, 5.41) is 13.4. The molecule has 0 bridgehead atoms. The Kier molecular flexibility index (Phi) is 3.05. The van der Waals surface area contributed by atoms with Crippen molar-refractivity contribution in [3.8, 4) is 0 Å². The second kappa shape index (κ2) is 4.31. The summed E-state index contributed by atoms with van der Waals surface area (Å²) >= 11 is 0. The number of aromatic nitrogens is 2. The number of aliphatic hydroxyl groups excluding tert-OH is 1. The summed E-state index contributed by atoms with van der Waals surface area (Å²) in [5.74, 6) is 2.21. The highest BCUT2D eigenvalue weighted by molar-refractivity contribution is 4.98. The zero-order valence-electron chi connectivity index (χ0n) is 9.31. The van der Waals surface area contributed by atoms with Gasteiger partial charge in [-0.15, -0.1) is 0 Å². The number of hydrogen-bond acceptors (Lipinski definition) is 4. The molecule has 4 heteroatoms. The molecular formula is C11H18N2O2. The Morgan fingerprint density at radius 1 is 1.27 bits per heavy atom. The van der Waals surface area contributed by atoms with Gasteiger partial charge in [-0.1, -0.05) is 19.0 Å². The van der Waals surface area contributed by atoms with Gasteiger partial charge in [0.25, 0.3) is 0 Å². The number of nitrogens with zero attached hydrogens (tertiary/aromatic N) is 2. The zero-order valence-corrected chi connectivity index (χ0v) is 9.31. The van der Waals surface area contributed by atoms with E-state index in [4.69, 9.17) is 4.52 Å². The van der Waals surface area contributed by atoms with Gasteiger partial charge in [-0.3, -0.25) is 0 Å². The third-order valence-electron chi connectivity index (χ3n) is 3.02. The first-order valence-electron chi connectivity index (χ1n) is 5.68. The van der Waals surface area contributed by atoms with Gasteiger partial charge in [0, 0.05) is 11.8 Å². The van der Waals surface area contributed by atoms with Gasteiger partial charge < -0.3 is 9.63 Å². The van der Waals surface area contributed by atoms with E-state index >= 15 is 0 Å². The van der Waals surface area contributed by atoms with Crippen molar-refractivity contribution in [1.82, 2.24) is 10.1 Å². The van der Waals surface area contributed by atoms with Crippen molar-refractivity contribution in [2.24, 2.45) is 0 Å². The van der Waals surface area contributed by atoms with Crippen LogP contribution in [0.4, 0.5) is 0 Å². The third-order valence-corrected chi connectivity index (χ3v) is 3.02. The van der Waals surface area contributed by atoms with Crippen LogP contribution in [-0.2, 0) is 0 Å². The van der Waals surface area contributed by atoms with E-state index in [-0.39, 0.29) is 6.10 Å². The van der Waals surface area contributed by atoms with Gasteiger partial charge in [-0.25, -0.2) is 0 Å². The lowest BCUT2D eigenvalue weighted by Crippen LogP contribution is -2.17. The molecule has 1 heterocycles. The van der Waals surface area contributed by atoms with E-state index in [1.807, 2.05) is 0 Å². The third kappa shape index (κ3) is 2.37. The summed E-state index contributed by atoms with van der Waals surface area (Å²) in [6.45, 7) is 4.11. The van der Waals surface area contributed by atoms with Crippen LogP contribution in [-0.4, -0.2) is 21.4 Å². The zero-order chi connectivity index (χ0) is 10.8. The SMILES string of the molecule is CC(C)c1noc(C2CCC(O)CC2)n1. The fourth-order valence-electron chi connectivity index (χ4n) is 1.97. The molecule has 1 aromatic rings. The lowest BCUT2D eigenvalue weighted by Gasteiger charge is -2.22. The Labute approximate surface area is 89.7 Å². The van der Waals surface area contributed by atoms with Crippen LogP contribution in [0, 0.1) is 0 Å². The first-order valence-corrected chi connectivity index (χ1v) is 5.68. The van der Waals surface area contributed by atoms with Crippen molar-refractivity contribution >= 4 is 0 Å². The van der Waals surface area contributed by atoms with Gasteiger partial charge in [0.1, 0.15) is 0 Å². The Morgan fingerprint density at radius 2 is 1.93 bits per heavy atom. The molecular weight excluding hydrogens is 192 g/mol. The van der Waals surface area contributed by atoms with Crippen LogP contribution in [0.1, 0.15) is 63.1 Å². The maximum atomic E-state index is 9.40. The predicted octanol–water partition coefficient (Wildman–Crippen LogP) is 2.21. The van der Waals surface area contributed by atoms with E-state index in [1.54, 1.807) is 0 Å². The molecule has 0 aliphatic heterocycles. The summed E-state index contributed by atoms with van der Waals surface area (Å²) in [7, 11) is 0. The predicted molar refractivity (Wildman–Crippen MR) is 55.6 cm³/mol. The van der Waals surface area contributed by atoms with Crippen LogP contribution in [0.15, 0.2) is 4.52 Å². The van der Waals surface area contributed by atoms with E-state index in [2.05, 4.69) is 24.0 Å². The Balaban J connectivity index is 2.03. The molecule has 0 spiro atoms. The molecule has 0 atom stereocenters. The highest BCUT2D eigenvalue weighted by Gasteiger charge is 2.25. The van der Waals surface area contributed by atoms with Gasteiger partial charge in [-0.2, -0.15) is 4.98 Å². The van der Waals surface area contributed by atoms with Crippen molar-refractivity contribution in [3.05, 3.63) is 11.7 Å². The molecule has 1 aromatic heterocycles. The Morgan fingerprint density at radius 3 is 2.47 bits per heavy atom. The molecule has 4 nitrogen and oxygen atoms in total. The van der Waals surface area contributed by atoms with Crippen LogP contribution in [0.25, 0.3) is 0 Å². The highest BCUT2D eigenvalue weighted by Crippen LogP contribution is 2.32. The van der Waals surface area contributed by atoms with Crippen LogP contribution in [0.5, 0.6) is 0 Å². The monoisotopic (exact) mass is 210 g/mol. The molecule has 0 saturated heterocycles. The fourth-order valence-corrected chi connectivity index (χ4v) is 1.97. The van der Waals surface area contributed by atoms with Crippen molar-refractivity contribution < 1.29 is 9.63 Å². The molecule has 1 fully saturated rings. The highest BCUT2D eigenvalue weighted by atomic mass is 16.5. The molecule has 15 heavy (non-hydrogen) atoms. The Bertz CT molecular complexity index is 314. The molecule has 1 N–H and O–H groups in total. The van der Waals surface area contributed by atoms with E-state index in [0.29, 0.717) is 11.8 Å². The lowest BCUT2D eigenvalue weighted by molar-refractivity contribution is 0.116. The molecule has 84 valence electrons. The molecule has 1 aliphatic rings. The smallest absolute Gasteiger partial charge is 0.229 e. The molecule has 0 aromatic carbocycles. The maximum absolute atomic E-state index is 9.40. The van der Waals surface area contributed by atoms with Crippen molar-refractivity contribution in [1.29, 1.82) is 0 Å². The number of aliphatic hydroxyl groups is 1. The minimum atomic E-state index is -0.131. The van der Waals surface area contributed by atoms with Crippen LogP contribution in [0.3, 0.4) is 0 Å². The maximum Gasteiger partial charge on any atom is 0.229 e. The van der Waals surface area contributed by atoms with Crippen LogP contribution >= 0.6 is 0 Å². The largest absolute Gasteiger partial charge is 0.393 e. The van der Waals surface area contributed by atoms with Crippen molar-refractivity contribution in [2.45, 2.75) is 57.5 Å². The molecule has 1 aliphatic carbocycles. The van der Waals surface area contributed by atoms with Crippen LogP contribution < -0.4 is 0 Å². The molecule has 0 amide bonds. The topological polar surface area (TPSA) is 59.2 Å². The second-order valence-electron chi connectivity index (χ2n) is 4.65. The molecule has 1 saturated carbocycles. The Hall–Kier alpha value is -0.900. The quantitative estimate of drug-likeness (QED) is 0.813. The standard InChI is InChI=1S/C11H18N2O2/c1-7(2)10-12-11(15-13-10)8-3-5-9(14)6-4-8/h7-9,14H,3-6H2,1-2H3. The summed E-state index contributed by atoms with van der Waals surface area (Å²) in [6.07, 6.45) is 3.49. The fraction of sp³-hybridized carbons (Fsp3) is 0.818. The second-order valence-corrected chi connectivity index (χ2v) is 4.65. The van der Waals surface area contributed by atoms with E-state index < -0.39 is 0 Å². The van der Waals surface area contributed by atoms with E-state index in [9.17, 15) is 5.11 Å². The van der Waals surface area contributed by atoms with Gasteiger partial charge >= 0.3 is 0 Å². The number of hydrogen-bond donors (Lipinski definition) is 1. The first-order chi connectivity index (χ1) is 7.16. The summed E-state index contributed by atoms with van der Waals surface area (Å²) in [4.78, 5) is 4.40. The minimum absolute atomic E-state index is 0.131. The average molecular weight is 210 g/mol. The summed E-state index contributed by atoms with van der Waals surface area (Å²) in [6, 6.07) is 0. The summed E-state index contributed by atoms with van der Waals surface area (Å²) in [5.41, 5.74) is 0. The first kappa shape index (κ1) is 10.6.